The first-order valence-electron chi connectivity index (χ1n) is 5.55. The molecule has 0 amide bonds. The lowest BCUT2D eigenvalue weighted by Crippen LogP contribution is -2.28. The van der Waals surface area contributed by atoms with E-state index >= 15 is 0 Å². The molecule has 0 aliphatic carbocycles. The summed E-state index contributed by atoms with van der Waals surface area (Å²) in [5.41, 5.74) is 0.758. The Bertz CT molecular complexity index is 519. The second kappa shape index (κ2) is 6.31. The lowest BCUT2D eigenvalue weighted by molar-refractivity contribution is 0.589. The van der Waals surface area contributed by atoms with Crippen molar-refractivity contribution in [1.29, 1.82) is 0 Å². The van der Waals surface area contributed by atoms with Crippen molar-refractivity contribution in [1.82, 2.24) is 14.7 Å². The Morgan fingerprint density at radius 1 is 1.28 bits per heavy atom. The van der Waals surface area contributed by atoms with Crippen molar-refractivity contribution in [2.75, 3.05) is 24.7 Å². The van der Waals surface area contributed by atoms with Crippen LogP contribution in [0.25, 0.3) is 0 Å². The maximum absolute atomic E-state index is 10.9. The van der Waals surface area contributed by atoms with E-state index in [1.165, 1.54) is 0 Å². The van der Waals surface area contributed by atoms with Gasteiger partial charge >= 0.3 is 0 Å². The van der Waals surface area contributed by atoms with Crippen LogP contribution in [0, 0.1) is 6.92 Å². The molecule has 0 saturated carbocycles. The van der Waals surface area contributed by atoms with Crippen LogP contribution in [0.3, 0.4) is 0 Å². The van der Waals surface area contributed by atoms with Crippen LogP contribution in [0.1, 0.15) is 18.3 Å². The lowest BCUT2D eigenvalue weighted by Gasteiger charge is -2.10. The van der Waals surface area contributed by atoms with Crippen molar-refractivity contribution >= 4 is 27.4 Å². The van der Waals surface area contributed by atoms with E-state index in [4.69, 9.17) is 11.6 Å². The smallest absolute Gasteiger partial charge is 0.208 e. The Hall–Kier alpha value is -0.920. The van der Waals surface area contributed by atoms with E-state index in [2.05, 4.69) is 20.0 Å². The van der Waals surface area contributed by atoms with E-state index in [0.717, 1.165) is 11.8 Å². The van der Waals surface area contributed by atoms with Crippen LogP contribution in [0.4, 0.5) is 5.82 Å². The Labute approximate surface area is 112 Å². The van der Waals surface area contributed by atoms with Gasteiger partial charge < -0.3 is 5.32 Å². The Kier molecular flexibility index (Phi) is 5.30. The molecule has 6 nitrogen and oxygen atoms in total. The van der Waals surface area contributed by atoms with Crippen LogP contribution >= 0.6 is 11.6 Å². The molecule has 18 heavy (non-hydrogen) atoms. The minimum Gasteiger partial charge on any atom is -0.368 e. The van der Waals surface area contributed by atoms with Gasteiger partial charge in [-0.2, -0.15) is 0 Å². The zero-order valence-corrected chi connectivity index (χ0v) is 12.2. The van der Waals surface area contributed by atoms with E-state index in [1.54, 1.807) is 0 Å². The average molecular weight is 293 g/mol. The molecule has 1 aromatic rings. The number of anilines is 1. The summed E-state index contributed by atoms with van der Waals surface area (Å²) >= 11 is 5.98. The monoisotopic (exact) mass is 292 g/mol. The summed E-state index contributed by atoms with van der Waals surface area (Å²) in [5.74, 6) is 1.30. The fourth-order valence-corrected chi connectivity index (χ4v) is 1.94. The third kappa shape index (κ3) is 4.75. The zero-order valence-electron chi connectivity index (χ0n) is 10.6. The van der Waals surface area contributed by atoms with Gasteiger partial charge in [0.2, 0.25) is 10.0 Å². The van der Waals surface area contributed by atoms with E-state index in [-0.39, 0.29) is 0 Å². The molecule has 0 fully saturated rings. The van der Waals surface area contributed by atoms with Gasteiger partial charge in [-0.3, -0.25) is 0 Å². The molecule has 1 heterocycles. The van der Waals surface area contributed by atoms with E-state index < -0.39 is 10.0 Å². The number of sulfonamides is 1. The summed E-state index contributed by atoms with van der Waals surface area (Å²) in [6.45, 7) is 4.48. The first-order chi connectivity index (χ1) is 8.33. The Morgan fingerprint density at radius 2 is 1.94 bits per heavy atom. The third-order valence-electron chi connectivity index (χ3n) is 2.23. The van der Waals surface area contributed by atoms with Crippen LogP contribution < -0.4 is 10.0 Å². The summed E-state index contributed by atoms with van der Waals surface area (Å²) in [5, 5.41) is 3.46. The molecule has 0 aromatic carbocycles. The molecule has 102 valence electrons. The number of nitrogens with one attached hydrogen (secondary N) is 2. The predicted molar refractivity (Wildman–Crippen MR) is 72.5 cm³/mol. The largest absolute Gasteiger partial charge is 0.368 e. The normalized spacial score (nSPS) is 11.6. The highest BCUT2D eigenvalue weighted by Crippen LogP contribution is 2.19. The fourth-order valence-electron chi connectivity index (χ4n) is 1.28. The van der Waals surface area contributed by atoms with Gasteiger partial charge in [-0.1, -0.05) is 18.5 Å². The summed E-state index contributed by atoms with van der Waals surface area (Å²) in [7, 11) is -3.16. The maximum atomic E-state index is 10.9. The maximum Gasteiger partial charge on any atom is 0.208 e. The SMILES string of the molecule is CCc1nc(Cl)c(C)c(NCCNS(C)(=O)=O)n1. The molecule has 0 bridgehead atoms. The Balaban J connectivity index is 2.64. The van der Waals surface area contributed by atoms with Gasteiger partial charge in [0.1, 0.15) is 16.8 Å². The van der Waals surface area contributed by atoms with Gasteiger partial charge in [-0.15, -0.1) is 0 Å². The van der Waals surface area contributed by atoms with Crippen LogP contribution in [-0.4, -0.2) is 37.7 Å². The molecular weight excluding hydrogens is 276 g/mol. The second-order valence-corrected chi connectivity index (χ2v) is 6.04. The Morgan fingerprint density at radius 3 is 2.50 bits per heavy atom. The van der Waals surface area contributed by atoms with Crippen molar-refractivity contribution in [3.05, 3.63) is 16.5 Å². The highest BCUT2D eigenvalue weighted by atomic mass is 35.5. The predicted octanol–water partition coefficient (Wildman–Crippen LogP) is 0.962. The first-order valence-corrected chi connectivity index (χ1v) is 7.82. The fraction of sp³-hybridized carbons (Fsp3) is 0.600. The highest BCUT2D eigenvalue weighted by Gasteiger charge is 2.08. The van der Waals surface area contributed by atoms with Crippen LogP contribution in [-0.2, 0) is 16.4 Å². The first kappa shape index (κ1) is 15.1. The highest BCUT2D eigenvalue weighted by molar-refractivity contribution is 7.88. The number of hydrogen-bond donors (Lipinski definition) is 2. The van der Waals surface area contributed by atoms with Gasteiger partial charge in [0.25, 0.3) is 0 Å². The van der Waals surface area contributed by atoms with Crippen molar-refractivity contribution in [3.8, 4) is 0 Å². The summed E-state index contributed by atoms with van der Waals surface area (Å²) in [6.07, 6.45) is 1.81. The van der Waals surface area contributed by atoms with Gasteiger partial charge in [0.05, 0.1) is 6.26 Å². The van der Waals surface area contributed by atoms with E-state index in [0.29, 0.717) is 36.3 Å². The molecular formula is C10H17ClN4O2S. The molecule has 8 heteroatoms. The van der Waals surface area contributed by atoms with E-state index in [9.17, 15) is 8.42 Å². The number of nitrogens with zero attached hydrogens (tertiary/aromatic N) is 2. The number of hydrogen-bond acceptors (Lipinski definition) is 5. The minimum atomic E-state index is -3.16. The number of aromatic nitrogens is 2. The second-order valence-electron chi connectivity index (χ2n) is 3.85. The molecule has 0 aliphatic heterocycles. The quantitative estimate of drug-likeness (QED) is 0.603. The van der Waals surface area contributed by atoms with Crippen molar-refractivity contribution in [2.45, 2.75) is 20.3 Å². The molecule has 2 N–H and O–H groups in total. The number of rotatable bonds is 6. The van der Waals surface area contributed by atoms with Gasteiger partial charge in [-0.25, -0.2) is 23.1 Å². The van der Waals surface area contributed by atoms with Gasteiger partial charge in [0.15, 0.2) is 0 Å². The molecule has 0 saturated heterocycles. The number of aryl methyl sites for hydroxylation is 1. The molecule has 1 rings (SSSR count). The standard InChI is InChI=1S/C10H17ClN4O2S/c1-4-8-14-9(11)7(2)10(15-8)12-5-6-13-18(3,16)17/h13H,4-6H2,1-3H3,(H,12,14,15). The van der Waals surface area contributed by atoms with Crippen LogP contribution in [0.15, 0.2) is 0 Å². The molecule has 1 aromatic heterocycles. The molecule has 0 aliphatic rings. The molecule has 0 unspecified atom stereocenters. The topological polar surface area (TPSA) is 84.0 Å². The molecule has 0 atom stereocenters. The lowest BCUT2D eigenvalue weighted by atomic mass is 10.3. The number of halogens is 1. The average Bonchev–Trinajstić information content (AvgIpc) is 2.28. The summed E-state index contributed by atoms with van der Waals surface area (Å²) in [4.78, 5) is 8.42. The van der Waals surface area contributed by atoms with Crippen LogP contribution in [0.2, 0.25) is 5.15 Å². The zero-order chi connectivity index (χ0) is 13.8. The van der Waals surface area contributed by atoms with E-state index in [1.807, 2.05) is 13.8 Å². The minimum absolute atomic E-state index is 0.293. The van der Waals surface area contributed by atoms with Crippen molar-refractivity contribution in [3.63, 3.8) is 0 Å². The summed E-state index contributed by atoms with van der Waals surface area (Å²) in [6, 6.07) is 0. The molecule has 0 radical (unpaired) electrons. The van der Waals surface area contributed by atoms with Crippen LogP contribution in [0.5, 0.6) is 0 Å². The third-order valence-corrected chi connectivity index (χ3v) is 3.33. The molecule has 0 spiro atoms. The van der Waals surface area contributed by atoms with Crippen molar-refractivity contribution in [2.24, 2.45) is 0 Å². The van der Waals surface area contributed by atoms with Gasteiger partial charge in [0, 0.05) is 25.1 Å². The van der Waals surface area contributed by atoms with Crippen molar-refractivity contribution < 1.29 is 8.42 Å². The van der Waals surface area contributed by atoms with Gasteiger partial charge in [-0.05, 0) is 6.92 Å². The summed E-state index contributed by atoms with van der Waals surface area (Å²) < 4.78 is 24.1.